The fourth-order valence-corrected chi connectivity index (χ4v) is 3.30. The van der Waals surface area contributed by atoms with Crippen molar-refractivity contribution in [1.29, 1.82) is 0 Å². The second kappa shape index (κ2) is 7.36. The Morgan fingerprint density at radius 3 is 3.05 bits per heavy atom. The van der Waals surface area contributed by atoms with Gasteiger partial charge in [0.15, 0.2) is 0 Å². The fourth-order valence-electron chi connectivity index (χ4n) is 2.65. The lowest BCUT2D eigenvalue weighted by Gasteiger charge is -2.16. The van der Waals surface area contributed by atoms with Gasteiger partial charge in [0.25, 0.3) is 0 Å². The van der Waals surface area contributed by atoms with Crippen LogP contribution in [0, 0.1) is 18.8 Å². The van der Waals surface area contributed by atoms with Crippen LogP contribution in [0.1, 0.15) is 31.0 Å². The molecule has 1 unspecified atom stereocenters. The molecule has 1 aromatic heterocycles. The molecule has 2 heterocycles. The van der Waals surface area contributed by atoms with Crippen molar-refractivity contribution in [2.45, 2.75) is 33.6 Å². The van der Waals surface area contributed by atoms with Gasteiger partial charge in [-0.05, 0) is 44.8 Å². The first-order chi connectivity index (χ1) is 9.13. The molecule has 1 aromatic rings. The highest BCUT2D eigenvalue weighted by Crippen LogP contribution is 2.16. The monoisotopic (exact) mass is 281 g/mol. The molecule has 0 radical (unpaired) electrons. The van der Waals surface area contributed by atoms with Crippen molar-refractivity contribution < 1.29 is 0 Å². The van der Waals surface area contributed by atoms with E-state index in [0.717, 1.165) is 24.8 Å². The van der Waals surface area contributed by atoms with Gasteiger partial charge in [0, 0.05) is 24.9 Å². The van der Waals surface area contributed by atoms with Crippen LogP contribution in [0.5, 0.6) is 0 Å². The van der Waals surface area contributed by atoms with Gasteiger partial charge in [-0.3, -0.25) is 0 Å². The molecule has 0 bridgehead atoms. The molecule has 0 aliphatic carbocycles. The van der Waals surface area contributed by atoms with Gasteiger partial charge in [-0.25, -0.2) is 4.98 Å². The third-order valence-electron chi connectivity index (χ3n) is 3.71. The highest BCUT2D eigenvalue weighted by molar-refractivity contribution is 7.09. The lowest BCUT2D eigenvalue weighted by Crippen LogP contribution is -2.29. The largest absolute Gasteiger partial charge is 0.316 e. The van der Waals surface area contributed by atoms with Gasteiger partial charge in [-0.15, -0.1) is 11.3 Å². The minimum Gasteiger partial charge on any atom is -0.316 e. The Labute approximate surface area is 121 Å². The average Bonchev–Trinajstić information content (AvgIpc) is 2.95. The van der Waals surface area contributed by atoms with Crippen LogP contribution in [-0.2, 0) is 6.42 Å². The summed E-state index contributed by atoms with van der Waals surface area (Å²) in [5, 5.41) is 6.98. The van der Waals surface area contributed by atoms with Gasteiger partial charge in [0.2, 0.25) is 0 Å². The Morgan fingerprint density at radius 1 is 1.53 bits per heavy atom. The Hall–Kier alpha value is -0.450. The van der Waals surface area contributed by atoms with E-state index in [0.29, 0.717) is 0 Å². The van der Waals surface area contributed by atoms with E-state index < -0.39 is 0 Å². The molecule has 0 amide bonds. The predicted molar refractivity (Wildman–Crippen MR) is 82.8 cm³/mol. The normalized spacial score (nSPS) is 20.5. The van der Waals surface area contributed by atoms with Crippen molar-refractivity contribution in [3.63, 3.8) is 0 Å². The number of hydrogen-bond donors (Lipinski definition) is 1. The minimum atomic E-state index is 0.755. The lowest BCUT2D eigenvalue weighted by atomic mass is 10.1. The molecule has 0 saturated carbocycles. The van der Waals surface area contributed by atoms with Gasteiger partial charge >= 0.3 is 0 Å². The van der Waals surface area contributed by atoms with E-state index in [1.54, 1.807) is 11.3 Å². The SMILES string of the molecule is Cc1nc(CCN2CCC(CNCC(C)C)C2)cs1. The summed E-state index contributed by atoms with van der Waals surface area (Å²) >= 11 is 1.76. The van der Waals surface area contributed by atoms with Crippen LogP contribution >= 0.6 is 11.3 Å². The number of aromatic nitrogens is 1. The van der Waals surface area contributed by atoms with Crippen LogP contribution in [-0.4, -0.2) is 42.6 Å². The molecule has 108 valence electrons. The van der Waals surface area contributed by atoms with E-state index in [4.69, 9.17) is 0 Å². The number of rotatable bonds is 7. The smallest absolute Gasteiger partial charge is 0.0897 e. The molecule has 4 heteroatoms. The predicted octanol–water partition coefficient (Wildman–Crippen LogP) is 2.56. The van der Waals surface area contributed by atoms with Crippen LogP contribution in [0.15, 0.2) is 5.38 Å². The van der Waals surface area contributed by atoms with E-state index >= 15 is 0 Å². The maximum atomic E-state index is 4.54. The molecule has 1 fully saturated rings. The summed E-state index contributed by atoms with van der Waals surface area (Å²) in [6, 6.07) is 0. The maximum Gasteiger partial charge on any atom is 0.0897 e. The van der Waals surface area contributed by atoms with Gasteiger partial charge in [0.1, 0.15) is 0 Å². The highest BCUT2D eigenvalue weighted by Gasteiger charge is 2.21. The summed E-state index contributed by atoms with van der Waals surface area (Å²) in [6.07, 6.45) is 2.46. The molecular formula is C15H27N3S. The topological polar surface area (TPSA) is 28.2 Å². The number of aryl methyl sites for hydroxylation is 1. The Kier molecular flexibility index (Phi) is 5.79. The van der Waals surface area contributed by atoms with E-state index in [1.807, 2.05) is 0 Å². The summed E-state index contributed by atoms with van der Waals surface area (Å²) < 4.78 is 0. The molecule has 1 saturated heterocycles. The van der Waals surface area contributed by atoms with Crippen LogP contribution < -0.4 is 5.32 Å². The molecule has 2 rings (SSSR count). The zero-order valence-corrected chi connectivity index (χ0v) is 13.3. The average molecular weight is 281 g/mol. The molecule has 1 N–H and O–H groups in total. The van der Waals surface area contributed by atoms with Gasteiger partial charge in [0.05, 0.1) is 10.7 Å². The first kappa shape index (κ1) is 14.9. The molecule has 0 aromatic carbocycles. The third-order valence-corrected chi connectivity index (χ3v) is 4.53. The van der Waals surface area contributed by atoms with Crippen LogP contribution in [0.25, 0.3) is 0 Å². The first-order valence-corrected chi connectivity index (χ1v) is 8.35. The van der Waals surface area contributed by atoms with Gasteiger partial charge < -0.3 is 10.2 Å². The zero-order valence-electron chi connectivity index (χ0n) is 12.5. The fraction of sp³-hybridized carbons (Fsp3) is 0.800. The van der Waals surface area contributed by atoms with Crippen molar-refractivity contribution in [3.05, 3.63) is 16.1 Å². The molecule has 19 heavy (non-hydrogen) atoms. The quantitative estimate of drug-likeness (QED) is 0.832. The number of nitrogens with one attached hydrogen (secondary N) is 1. The van der Waals surface area contributed by atoms with Crippen molar-refractivity contribution >= 4 is 11.3 Å². The second-order valence-electron chi connectivity index (χ2n) is 6.12. The lowest BCUT2D eigenvalue weighted by molar-refractivity contribution is 0.323. The van der Waals surface area contributed by atoms with E-state index in [2.05, 4.69) is 41.4 Å². The van der Waals surface area contributed by atoms with Crippen molar-refractivity contribution in [2.24, 2.45) is 11.8 Å². The van der Waals surface area contributed by atoms with Crippen LogP contribution in [0.4, 0.5) is 0 Å². The molecule has 3 nitrogen and oxygen atoms in total. The van der Waals surface area contributed by atoms with E-state index in [9.17, 15) is 0 Å². The second-order valence-corrected chi connectivity index (χ2v) is 7.18. The highest BCUT2D eigenvalue weighted by atomic mass is 32.1. The third kappa shape index (κ3) is 5.21. The van der Waals surface area contributed by atoms with Crippen molar-refractivity contribution in [1.82, 2.24) is 15.2 Å². The Morgan fingerprint density at radius 2 is 2.37 bits per heavy atom. The van der Waals surface area contributed by atoms with E-state index in [-0.39, 0.29) is 0 Å². The number of likely N-dealkylation sites (tertiary alicyclic amines) is 1. The molecule has 1 aliphatic heterocycles. The Balaban J connectivity index is 1.62. The summed E-state index contributed by atoms with van der Waals surface area (Å²) in [5.74, 6) is 1.60. The molecule has 1 aliphatic rings. The summed E-state index contributed by atoms with van der Waals surface area (Å²) in [6.45, 7) is 12.6. The van der Waals surface area contributed by atoms with E-state index in [1.165, 1.54) is 43.3 Å². The molecular weight excluding hydrogens is 254 g/mol. The van der Waals surface area contributed by atoms with Gasteiger partial charge in [-0.2, -0.15) is 0 Å². The number of thiazole rings is 1. The Bertz CT molecular complexity index is 375. The molecule has 1 atom stereocenters. The van der Waals surface area contributed by atoms with Crippen LogP contribution in [0.3, 0.4) is 0 Å². The van der Waals surface area contributed by atoms with Crippen LogP contribution in [0.2, 0.25) is 0 Å². The summed E-state index contributed by atoms with van der Waals surface area (Å²) in [5.41, 5.74) is 1.27. The van der Waals surface area contributed by atoms with Crippen molar-refractivity contribution in [2.75, 3.05) is 32.7 Å². The zero-order chi connectivity index (χ0) is 13.7. The standard InChI is InChI=1S/C15H27N3S/c1-12(2)8-16-9-14-4-6-18(10-14)7-5-15-11-19-13(3)17-15/h11-12,14,16H,4-10H2,1-3H3. The minimum absolute atomic E-state index is 0.755. The van der Waals surface area contributed by atoms with Crippen molar-refractivity contribution in [3.8, 4) is 0 Å². The maximum absolute atomic E-state index is 4.54. The summed E-state index contributed by atoms with van der Waals surface area (Å²) in [4.78, 5) is 7.13. The number of nitrogens with zero attached hydrogens (tertiary/aromatic N) is 2. The molecule has 0 spiro atoms. The first-order valence-electron chi connectivity index (χ1n) is 7.47. The number of hydrogen-bond acceptors (Lipinski definition) is 4. The summed E-state index contributed by atoms with van der Waals surface area (Å²) in [7, 11) is 0. The van der Waals surface area contributed by atoms with Gasteiger partial charge in [-0.1, -0.05) is 13.8 Å².